The highest BCUT2D eigenvalue weighted by Crippen LogP contribution is 2.09. The van der Waals surface area contributed by atoms with Gasteiger partial charge in [0.15, 0.2) is 0 Å². The molecule has 0 radical (unpaired) electrons. The summed E-state index contributed by atoms with van der Waals surface area (Å²) in [5.41, 5.74) is 0.240. The normalized spacial score (nSPS) is 11.8. The quantitative estimate of drug-likeness (QED) is 0.732. The lowest BCUT2D eigenvalue weighted by atomic mass is 10.0. The first-order chi connectivity index (χ1) is 9.79. The van der Waals surface area contributed by atoms with Gasteiger partial charge in [-0.15, -0.1) is 0 Å². The Kier molecular flexibility index (Phi) is 5.83. The van der Waals surface area contributed by atoms with E-state index in [1.807, 2.05) is 13.8 Å². The molecule has 1 aromatic rings. The van der Waals surface area contributed by atoms with E-state index in [1.54, 1.807) is 0 Å². The largest absolute Gasteiger partial charge is 0.480 e. The number of hydrogen-bond acceptors (Lipinski definition) is 4. The van der Waals surface area contributed by atoms with Gasteiger partial charge in [0.2, 0.25) is 5.91 Å². The summed E-state index contributed by atoms with van der Waals surface area (Å²) in [4.78, 5) is 38.0. The van der Waals surface area contributed by atoms with Crippen molar-refractivity contribution in [1.82, 2.24) is 10.3 Å². The highest BCUT2D eigenvalue weighted by Gasteiger charge is 2.21. The summed E-state index contributed by atoms with van der Waals surface area (Å²) < 4.78 is 0. The van der Waals surface area contributed by atoms with Gasteiger partial charge in [0.1, 0.15) is 11.9 Å². The van der Waals surface area contributed by atoms with E-state index in [4.69, 9.17) is 5.11 Å². The van der Waals surface area contributed by atoms with E-state index >= 15 is 0 Å². The van der Waals surface area contributed by atoms with Crippen molar-refractivity contribution >= 4 is 23.6 Å². The molecule has 1 unspecified atom stereocenters. The SMILES string of the molecule is CC(=O)Nc1cc(C(=O)NC(CC(C)C)C(=O)O)ccn1. The van der Waals surface area contributed by atoms with Crippen molar-refractivity contribution in [3.63, 3.8) is 0 Å². The summed E-state index contributed by atoms with van der Waals surface area (Å²) in [6, 6.07) is 1.90. The van der Waals surface area contributed by atoms with Crippen LogP contribution >= 0.6 is 0 Å². The van der Waals surface area contributed by atoms with Crippen molar-refractivity contribution in [2.75, 3.05) is 5.32 Å². The molecule has 0 spiro atoms. The number of anilines is 1. The highest BCUT2D eigenvalue weighted by molar-refractivity contribution is 5.98. The van der Waals surface area contributed by atoms with Gasteiger partial charge in [-0.05, 0) is 24.5 Å². The molecular weight excluding hydrogens is 274 g/mol. The van der Waals surface area contributed by atoms with Crippen LogP contribution in [0.15, 0.2) is 18.3 Å². The lowest BCUT2D eigenvalue weighted by Crippen LogP contribution is -2.41. The first-order valence-electron chi connectivity index (χ1n) is 6.57. The van der Waals surface area contributed by atoms with Gasteiger partial charge in [-0.3, -0.25) is 9.59 Å². The van der Waals surface area contributed by atoms with Crippen LogP contribution in [0.25, 0.3) is 0 Å². The number of carbonyl (C=O) groups is 3. The van der Waals surface area contributed by atoms with Crippen LogP contribution < -0.4 is 10.6 Å². The van der Waals surface area contributed by atoms with Crippen LogP contribution in [-0.4, -0.2) is 33.9 Å². The van der Waals surface area contributed by atoms with Crippen molar-refractivity contribution in [3.05, 3.63) is 23.9 Å². The zero-order valence-corrected chi connectivity index (χ0v) is 12.2. The molecule has 0 aromatic carbocycles. The molecule has 2 amide bonds. The number of aromatic nitrogens is 1. The Bertz CT molecular complexity index is 543. The van der Waals surface area contributed by atoms with Crippen LogP contribution in [0.5, 0.6) is 0 Å². The average molecular weight is 293 g/mol. The number of pyridine rings is 1. The second-order valence-electron chi connectivity index (χ2n) is 5.10. The van der Waals surface area contributed by atoms with E-state index < -0.39 is 17.9 Å². The predicted octanol–water partition coefficient (Wildman–Crippen LogP) is 1.27. The Balaban J connectivity index is 2.82. The van der Waals surface area contributed by atoms with E-state index in [0.29, 0.717) is 6.42 Å². The van der Waals surface area contributed by atoms with Gasteiger partial charge >= 0.3 is 5.97 Å². The van der Waals surface area contributed by atoms with Crippen LogP contribution in [0.3, 0.4) is 0 Å². The summed E-state index contributed by atoms with van der Waals surface area (Å²) >= 11 is 0. The third kappa shape index (κ3) is 5.60. The van der Waals surface area contributed by atoms with Crippen LogP contribution in [0.4, 0.5) is 5.82 Å². The second kappa shape index (κ2) is 7.37. The monoisotopic (exact) mass is 293 g/mol. The first kappa shape index (κ1) is 16.6. The molecule has 21 heavy (non-hydrogen) atoms. The molecule has 0 aliphatic carbocycles. The lowest BCUT2D eigenvalue weighted by molar-refractivity contribution is -0.139. The topological polar surface area (TPSA) is 108 Å². The first-order valence-corrected chi connectivity index (χ1v) is 6.57. The van der Waals surface area contributed by atoms with Crippen LogP contribution in [0.2, 0.25) is 0 Å². The van der Waals surface area contributed by atoms with Gasteiger partial charge in [-0.1, -0.05) is 13.8 Å². The molecule has 1 atom stereocenters. The maximum absolute atomic E-state index is 12.1. The molecule has 3 N–H and O–H groups in total. The van der Waals surface area contributed by atoms with Gasteiger partial charge in [-0.25, -0.2) is 9.78 Å². The molecule has 0 aliphatic rings. The fourth-order valence-electron chi connectivity index (χ4n) is 1.75. The van der Waals surface area contributed by atoms with Crippen LogP contribution in [0, 0.1) is 5.92 Å². The average Bonchev–Trinajstić information content (AvgIpc) is 2.36. The number of nitrogens with one attached hydrogen (secondary N) is 2. The molecule has 1 heterocycles. The van der Waals surface area contributed by atoms with Gasteiger partial charge in [0, 0.05) is 18.7 Å². The molecule has 0 saturated carbocycles. The summed E-state index contributed by atoms with van der Waals surface area (Å²) in [6.07, 6.45) is 1.71. The smallest absolute Gasteiger partial charge is 0.326 e. The molecule has 0 bridgehead atoms. The minimum absolute atomic E-state index is 0.138. The third-order valence-corrected chi connectivity index (χ3v) is 2.64. The number of nitrogens with zero attached hydrogens (tertiary/aromatic N) is 1. The van der Waals surface area contributed by atoms with Gasteiger partial charge in [0.05, 0.1) is 0 Å². The second-order valence-corrected chi connectivity index (χ2v) is 5.10. The van der Waals surface area contributed by atoms with Crippen molar-refractivity contribution in [1.29, 1.82) is 0 Å². The summed E-state index contributed by atoms with van der Waals surface area (Å²) in [5, 5.41) is 14.0. The number of amides is 2. The summed E-state index contributed by atoms with van der Waals surface area (Å²) in [6.45, 7) is 5.09. The predicted molar refractivity (Wildman–Crippen MR) is 76.9 cm³/mol. The molecule has 0 aliphatic heterocycles. The molecule has 114 valence electrons. The molecule has 1 rings (SSSR count). The Labute approximate surface area is 122 Å². The highest BCUT2D eigenvalue weighted by atomic mass is 16.4. The Morgan fingerprint density at radius 3 is 2.52 bits per heavy atom. The summed E-state index contributed by atoms with van der Waals surface area (Å²) in [7, 11) is 0. The number of carbonyl (C=O) groups excluding carboxylic acids is 2. The number of carboxylic acid groups (broad SMARTS) is 1. The van der Waals surface area contributed by atoms with Crippen molar-refractivity contribution in [2.24, 2.45) is 5.92 Å². The molecule has 1 aromatic heterocycles. The van der Waals surface area contributed by atoms with Crippen molar-refractivity contribution < 1.29 is 19.5 Å². The minimum Gasteiger partial charge on any atom is -0.480 e. The maximum Gasteiger partial charge on any atom is 0.326 e. The van der Waals surface area contributed by atoms with Crippen molar-refractivity contribution in [3.8, 4) is 0 Å². The van der Waals surface area contributed by atoms with Gasteiger partial charge < -0.3 is 15.7 Å². The van der Waals surface area contributed by atoms with Crippen LogP contribution in [0.1, 0.15) is 37.6 Å². The van der Waals surface area contributed by atoms with E-state index in [9.17, 15) is 14.4 Å². The lowest BCUT2D eigenvalue weighted by Gasteiger charge is -2.16. The Morgan fingerprint density at radius 1 is 1.33 bits per heavy atom. The van der Waals surface area contributed by atoms with Gasteiger partial charge in [-0.2, -0.15) is 0 Å². The minimum atomic E-state index is -1.08. The Morgan fingerprint density at radius 2 is 2.00 bits per heavy atom. The zero-order chi connectivity index (χ0) is 16.0. The van der Waals surface area contributed by atoms with Crippen LogP contribution in [-0.2, 0) is 9.59 Å². The molecule has 7 heteroatoms. The standard InChI is InChI=1S/C14H19N3O4/c1-8(2)6-11(14(20)21)17-13(19)10-4-5-15-12(7-10)16-9(3)18/h4-5,7-8,11H,6H2,1-3H3,(H,17,19)(H,20,21)(H,15,16,18). The fraction of sp³-hybridized carbons (Fsp3) is 0.429. The number of rotatable bonds is 6. The van der Waals surface area contributed by atoms with Gasteiger partial charge in [0.25, 0.3) is 5.91 Å². The number of hydrogen-bond donors (Lipinski definition) is 3. The molecule has 0 saturated heterocycles. The third-order valence-electron chi connectivity index (χ3n) is 2.64. The molecular formula is C14H19N3O4. The fourth-order valence-corrected chi connectivity index (χ4v) is 1.75. The Hall–Kier alpha value is -2.44. The number of carboxylic acids is 1. The van der Waals surface area contributed by atoms with E-state index in [-0.39, 0.29) is 23.2 Å². The molecule has 0 fully saturated rings. The van der Waals surface area contributed by atoms with E-state index in [0.717, 1.165) is 0 Å². The van der Waals surface area contributed by atoms with E-state index in [2.05, 4.69) is 15.6 Å². The zero-order valence-electron chi connectivity index (χ0n) is 12.2. The molecule has 7 nitrogen and oxygen atoms in total. The summed E-state index contributed by atoms with van der Waals surface area (Å²) in [5.74, 6) is -1.52. The maximum atomic E-state index is 12.1. The number of aliphatic carboxylic acids is 1. The van der Waals surface area contributed by atoms with E-state index in [1.165, 1.54) is 25.3 Å². The van der Waals surface area contributed by atoms with Crippen molar-refractivity contribution in [2.45, 2.75) is 33.2 Å².